The van der Waals surface area contributed by atoms with Crippen molar-refractivity contribution >= 4 is 17.7 Å². The summed E-state index contributed by atoms with van der Waals surface area (Å²) in [7, 11) is 0. The Balaban J connectivity index is 1.86. The molecule has 0 aromatic rings. The van der Waals surface area contributed by atoms with Crippen LogP contribution < -0.4 is 10.6 Å². The minimum atomic E-state index is -0.257. The van der Waals surface area contributed by atoms with Crippen LogP contribution in [0.1, 0.15) is 46.5 Å². The van der Waals surface area contributed by atoms with Gasteiger partial charge in [-0.2, -0.15) is 11.8 Å². The smallest absolute Gasteiger partial charge is 0.226 e. The first-order valence-electron chi connectivity index (χ1n) is 7.57. The van der Waals surface area contributed by atoms with Crippen molar-refractivity contribution in [2.45, 2.75) is 51.2 Å². The van der Waals surface area contributed by atoms with Crippen LogP contribution in [0.5, 0.6) is 0 Å². The van der Waals surface area contributed by atoms with E-state index < -0.39 is 0 Å². The highest BCUT2D eigenvalue weighted by Gasteiger charge is 2.38. The van der Waals surface area contributed by atoms with Crippen molar-refractivity contribution in [2.75, 3.05) is 25.4 Å². The molecule has 2 atom stereocenters. The number of piperidine rings is 1. The van der Waals surface area contributed by atoms with Gasteiger partial charge in [0.25, 0.3) is 0 Å². The van der Waals surface area contributed by atoms with Crippen LogP contribution in [-0.4, -0.2) is 36.0 Å². The van der Waals surface area contributed by atoms with Gasteiger partial charge in [-0.15, -0.1) is 0 Å². The molecule has 0 radical (unpaired) electrons. The first-order chi connectivity index (χ1) is 8.94. The van der Waals surface area contributed by atoms with E-state index in [1.165, 1.54) is 31.4 Å². The van der Waals surface area contributed by atoms with E-state index in [-0.39, 0.29) is 16.1 Å². The second-order valence-corrected chi connectivity index (χ2v) is 8.53. The third-order valence-electron chi connectivity index (χ3n) is 4.83. The molecule has 1 amide bonds. The number of thioether (sulfide) groups is 1. The summed E-state index contributed by atoms with van der Waals surface area (Å²) in [5, 5.41) is 6.63. The van der Waals surface area contributed by atoms with Crippen molar-refractivity contribution in [1.29, 1.82) is 0 Å². The second-order valence-electron chi connectivity index (χ2n) is 6.85. The summed E-state index contributed by atoms with van der Waals surface area (Å²) in [5.74, 6) is 1.93. The zero-order chi connectivity index (χ0) is 13.9. The van der Waals surface area contributed by atoms with E-state index in [9.17, 15) is 4.79 Å². The highest BCUT2D eigenvalue weighted by atomic mass is 32.2. The van der Waals surface area contributed by atoms with Crippen molar-refractivity contribution in [3.8, 4) is 0 Å². The minimum Gasteiger partial charge on any atom is -0.354 e. The van der Waals surface area contributed by atoms with Gasteiger partial charge < -0.3 is 10.6 Å². The molecule has 2 unspecified atom stereocenters. The van der Waals surface area contributed by atoms with Gasteiger partial charge in [-0.25, -0.2) is 0 Å². The number of carbonyl (C=O) groups excluding carboxylic acids is 1. The molecule has 19 heavy (non-hydrogen) atoms. The van der Waals surface area contributed by atoms with Gasteiger partial charge >= 0.3 is 0 Å². The van der Waals surface area contributed by atoms with E-state index in [2.05, 4.69) is 31.4 Å². The Kier molecular flexibility index (Phi) is 4.83. The number of nitrogens with one attached hydrogen (secondary N) is 2. The lowest BCUT2D eigenvalue weighted by Gasteiger charge is -2.37. The SMILES string of the molecule is CC1(CNC(=O)C(C)(C)C2CCCNC2)CCCS1. The first-order valence-corrected chi connectivity index (χ1v) is 8.56. The van der Waals surface area contributed by atoms with Gasteiger partial charge in [0.05, 0.1) is 0 Å². The van der Waals surface area contributed by atoms with E-state index in [1.54, 1.807) is 0 Å². The van der Waals surface area contributed by atoms with Crippen LogP contribution in [0.2, 0.25) is 0 Å². The largest absolute Gasteiger partial charge is 0.354 e. The summed E-state index contributed by atoms with van der Waals surface area (Å²) in [5.41, 5.74) is -0.257. The molecule has 2 rings (SSSR count). The molecular formula is C15H28N2OS. The normalized spacial score (nSPS) is 32.3. The summed E-state index contributed by atoms with van der Waals surface area (Å²) in [6.07, 6.45) is 4.87. The Labute approximate surface area is 121 Å². The maximum atomic E-state index is 12.5. The highest BCUT2D eigenvalue weighted by Crippen LogP contribution is 2.37. The zero-order valence-electron chi connectivity index (χ0n) is 12.6. The summed E-state index contributed by atoms with van der Waals surface area (Å²) in [4.78, 5) is 12.5. The average molecular weight is 284 g/mol. The van der Waals surface area contributed by atoms with Gasteiger partial charge in [-0.05, 0) is 57.4 Å². The Morgan fingerprint density at radius 2 is 2.26 bits per heavy atom. The van der Waals surface area contributed by atoms with Gasteiger partial charge in [0.1, 0.15) is 0 Å². The molecule has 3 nitrogen and oxygen atoms in total. The molecule has 0 spiro atoms. The molecule has 0 bridgehead atoms. The predicted molar refractivity (Wildman–Crippen MR) is 82.5 cm³/mol. The molecule has 110 valence electrons. The molecule has 2 aliphatic heterocycles. The molecule has 4 heteroatoms. The van der Waals surface area contributed by atoms with Crippen LogP contribution in [0, 0.1) is 11.3 Å². The Bertz CT molecular complexity index is 318. The average Bonchev–Trinajstić information content (AvgIpc) is 2.84. The van der Waals surface area contributed by atoms with Crippen LogP contribution in [0.25, 0.3) is 0 Å². The van der Waals surface area contributed by atoms with Gasteiger partial charge in [0, 0.05) is 16.7 Å². The van der Waals surface area contributed by atoms with E-state index in [4.69, 9.17) is 0 Å². The molecule has 2 fully saturated rings. The molecular weight excluding hydrogens is 256 g/mol. The van der Waals surface area contributed by atoms with E-state index >= 15 is 0 Å². The highest BCUT2D eigenvalue weighted by molar-refractivity contribution is 8.00. The molecule has 2 saturated heterocycles. The maximum Gasteiger partial charge on any atom is 0.226 e. The lowest BCUT2D eigenvalue weighted by Crippen LogP contribution is -2.49. The van der Waals surface area contributed by atoms with Gasteiger partial charge in [0.15, 0.2) is 0 Å². The molecule has 2 heterocycles. The monoisotopic (exact) mass is 284 g/mol. The van der Waals surface area contributed by atoms with Crippen LogP contribution in [0.15, 0.2) is 0 Å². The molecule has 2 aliphatic rings. The van der Waals surface area contributed by atoms with E-state index in [0.717, 1.165) is 19.6 Å². The fourth-order valence-corrected chi connectivity index (χ4v) is 4.37. The van der Waals surface area contributed by atoms with Crippen molar-refractivity contribution in [2.24, 2.45) is 11.3 Å². The van der Waals surface area contributed by atoms with Crippen molar-refractivity contribution in [3.05, 3.63) is 0 Å². The Morgan fingerprint density at radius 3 is 2.84 bits per heavy atom. The fourth-order valence-electron chi connectivity index (χ4n) is 3.12. The fraction of sp³-hybridized carbons (Fsp3) is 0.933. The van der Waals surface area contributed by atoms with Gasteiger partial charge in [-0.1, -0.05) is 13.8 Å². The molecule has 0 aromatic carbocycles. The van der Waals surface area contributed by atoms with Crippen molar-refractivity contribution < 1.29 is 4.79 Å². The van der Waals surface area contributed by atoms with Crippen LogP contribution >= 0.6 is 11.8 Å². The first kappa shape index (κ1) is 15.2. The minimum absolute atomic E-state index is 0.231. The number of rotatable bonds is 4. The lowest BCUT2D eigenvalue weighted by molar-refractivity contribution is -0.132. The standard InChI is InChI=1S/C15H28N2OS/c1-14(2,12-6-4-8-16-10-12)13(18)17-11-15(3)7-5-9-19-15/h12,16H,4-11H2,1-3H3,(H,17,18). The van der Waals surface area contributed by atoms with Crippen LogP contribution in [0.4, 0.5) is 0 Å². The van der Waals surface area contributed by atoms with Gasteiger partial charge in [0.2, 0.25) is 5.91 Å². The third-order valence-corrected chi connectivity index (χ3v) is 6.36. The summed E-state index contributed by atoms with van der Waals surface area (Å²) >= 11 is 2.01. The Hall–Kier alpha value is -0.220. The topological polar surface area (TPSA) is 41.1 Å². The quantitative estimate of drug-likeness (QED) is 0.833. The molecule has 0 aliphatic carbocycles. The molecule has 2 N–H and O–H groups in total. The third kappa shape index (κ3) is 3.66. The maximum absolute atomic E-state index is 12.5. The molecule has 0 saturated carbocycles. The van der Waals surface area contributed by atoms with Crippen molar-refractivity contribution in [1.82, 2.24) is 10.6 Å². The number of carbonyl (C=O) groups is 1. The van der Waals surface area contributed by atoms with Crippen molar-refractivity contribution in [3.63, 3.8) is 0 Å². The predicted octanol–water partition coefficient (Wildman–Crippen LogP) is 2.41. The van der Waals surface area contributed by atoms with Crippen LogP contribution in [0.3, 0.4) is 0 Å². The van der Waals surface area contributed by atoms with Gasteiger partial charge in [-0.3, -0.25) is 4.79 Å². The number of hydrogen-bond acceptors (Lipinski definition) is 3. The number of hydrogen-bond donors (Lipinski definition) is 2. The van der Waals surface area contributed by atoms with Crippen LogP contribution in [-0.2, 0) is 4.79 Å². The Morgan fingerprint density at radius 1 is 1.47 bits per heavy atom. The zero-order valence-corrected chi connectivity index (χ0v) is 13.4. The summed E-state index contributed by atoms with van der Waals surface area (Å²) in [6, 6.07) is 0. The number of amides is 1. The van der Waals surface area contributed by atoms with E-state index in [1.807, 2.05) is 11.8 Å². The lowest BCUT2D eigenvalue weighted by atomic mass is 9.74. The van der Waals surface area contributed by atoms with E-state index in [0.29, 0.717) is 5.92 Å². The summed E-state index contributed by atoms with van der Waals surface area (Å²) in [6.45, 7) is 9.38. The second kappa shape index (κ2) is 6.04. The molecule has 0 aromatic heterocycles. The summed E-state index contributed by atoms with van der Waals surface area (Å²) < 4.78 is 0.260.